The molecule has 2 aromatic carbocycles. The van der Waals surface area contributed by atoms with Crippen molar-refractivity contribution in [3.05, 3.63) is 65.7 Å². The Bertz CT molecular complexity index is 655. The number of β-amino-alcohol motifs (C(OH)–C–C–N with tert-alkyl or cyclic N) is 1. The van der Waals surface area contributed by atoms with Crippen LogP contribution in [0.5, 0.6) is 0 Å². The van der Waals surface area contributed by atoms with Gasteiger partial charge in [-0.25, -0.2) is 0 Å². The van der Waals surface area contributed by atoms with Gasteiger partial charge in [0.05, 0.1) is 12.1 Å². The van der Waals surface area contributed by atoms with E-state index >= 15 is 0 Å². The summed E-state index contributed by atoms with van der Waals surface area (Å²) in [6, 6.07) is 18.2. The van der Waals surface area contributed by atoms with Crippen molar-refractivity contribution in [1.29, 1.82) is 0 Å². The van der Waals surface area contributed by atoms with Crippen LogP contribution in [0.3, 0.4) is 0 Å². The van der Waals surface area contributed by atoms with Gasteiger partial charge in [-0.1, -0.05) is 42.5 Å². The van der Waals surface area contributed by atoms with Gasteiger partial charge in [0.1, 0.15) is 0 Å². The predicted octanol–water partition coefficient (Wildman–Crippen LogP) is 2.52. The highest BCUT2D eigenvalue weighted by Crippen LogP contribution is 2.14. The molecule has 2 atom stereocenters. The number of nitrogens with one attached hydrogen (secondary N) is 2. The highest BCUT2D eigenvalue weighted by molar-refractivity contribution is 5.95. The molecule has 24 heavy (non-hydrogen) atoms. The van der Waals surface area contributed by atoms with Crippen LogP contribution in [-0.2, 0) is 17.6 Å². The zero-order valence-electron chi connectivity index (χ0n) is 13.7. The van der Waals surface area contributed by atoms with Crippen molar-refractivity contribution in [1.82, 2.24) is 5.32 Å². The Hall–Kier alpha value is -2.17. The Labute approximate surface area is 142 Å². The summed E-state index contributed by atoms with van der Waals surface area (Å²) in [7, 11) is 0. The van der Waals surface area contributed by atoms with Crippen molar-refractivity contribution < 1.29 is 9.90 Å². The van der Waals surface area contributed by atoms with Crippen molar-refractivity contribution in [3.63, 3.8) is 0 Å². The topological polar surface area (TPSA) is 61.4 Å². The molecule has 0 radical (unpaired) electrons. The van der Waals surface area contributed by atoms with E-state index in [4.69, 9.17) is 0 Å². The summed E-state index contributed by atoms with van der Waals surface area (Å²) in [5.41, 5.74) is 3.45. The SMILES string of the molecule is O=C(Nc1ccc(CCCc2ccccc2)cc1)C1CC(O)CN1. The third kappa shape index (κ3) is 4.66. The van der Waals surface area contributed by atoms with E-state index in [1.807, 2.05) is 18.2 Å². The summed E-state index contributed by atoms with van der Waals surface area (Å²) in [4.78, 5) is 12.1. The first-order valence-corrected chi connectivity index (χ1v) is 8.56. The number of anilines is 1. The molecule has 3 N–H and O–H groups in total. The van der Waals surface area contributed by atoms with Gasteiger partial charge in [-0.3, -0.25) is 4.79 Å². The van der Waals surface area contributed by atoms with Gasteiger partial charge < -0.3 is 15.7 Å². The second kappa shape index (κ2) is 8.08. The van der Waals surface area contributed by atoms with Crippen molar-refractivity contribution in [2.75, 3.05) is 11.9 Å². The lowest BCUT2D eigenvalue weighted by molar-refractivity contribution is -0.117. The minimum Gasteiger partial charge on any atom is -0.392 e. The number of benzene rings is 2. The quantitative estimate of drug-likeness (QED) is 0.765. The number of aliphatic hydroxyl groups excluding tert-OH is 1. The maximum atomic E-state index is 12.1. The van der Waals surface area contributed by atoms with E-state index in [-0.39, 0.29) is 11.9 Å². The molecule has 2 aromatic rings. The van der Waals surface area contributed by atoms with E-state index in [1.54, 1.807) is 0 Å². The van der Waals surface area contributed by atoms with E-state index in [0.717, 1.165) is 24.9 Å². The predicted molar refractivity (Wildman–Crippen MR) is 96.0 cm³/mol. The molecule has 1 heterocycles. The molecule has 1 aliphatic heterocycles. The average molecular weight is 324 g/mol. The Balaban J connectivity index is 1.45. The van der Waals surface area contributed by atoms with Crippen molar-refractivity contribution in [2.24, 2.45) is 0 Å². The molecule has 1 saturated heterocycles. The van der Waals surface area contributed by atoms with Gasteiger partial charge in [0.2, 0.25) is 5.91 Å². The molecule has 0 aromatic heterocycles. The molecular weight excluding hydrogens is 300 g/mol. The van der Waals surface area contributed by atoms with Crippen LogP contribution < -0.4 is 10.6 Å². The number of carbonyl (C=O) groups is 1. The summed E-state index contributed by atoms with van der Waals surface area (Å²) in [5, 5.41) is 15.4. The average Bonchev–Trinajstić information content (AvgIpc) is 3.04. The molecule has 1 fully saturated rings. The molecule has 0 bridgehead atoms. The molecule has 2 unspecified atom stereocenters. The lowest BCUT2D eigenvalue weighted by Gasteiger charge is -2.11. The van der Waals surface area contributed by atoms with Gasteiger partial charge in [0.25, 0.3) is 0 Å². The first kappa shape index (κ1) is 16.7. The zero-order chi connectivity index (χ0) is 16.8. The molecule has 4 heteroatoms. The van der Waals surface area contributed by atoms with Gasteiger partial charge in [-0.05, 0) is 48.9 Å². The van der Waals surface area contributed by atoms with E-state index < -0.39 is 6.10 Å². The molecule has 0 saturated carbocycles. The highest BCUT2D eigenvalue weighted by Gasteiger charge is 2.27. The molecule has 0 spiro atoms. The van der Waals surface area contributed by atoms with Crippen LogP contribution in [0.2, 0.25) is 0 Å². The molecular formula is C20H24N2O2. The molecule has 0 aliphatic carbocycles. The highest BCUT2D eigenvalue weighted by atomic mass is 16.3. The first-order chi connectivity index (χ1) is 11.7. The van der Waals surface area contributed by atoms with Crippen LogP contribution in [-0.4, -0.2) is 29.7 Å². The Morgan fingerprint density at radius 1 is 1.04 bits per heavy atom. The largest absolute Gasteiger partial charge is 0.392 e. The number of carbonyl (C=O) groups excluding carboxylic acids is 1. The van der Waals surface area contributed by atoms with E-state index in [9.17, 15) is 9.90 Å². The minimum atomic E-state index is -0.423. The van der Waals surface area contributed by atoms with Gasteiger partial charge in [-0.2, -0.15) is 0 Å². The first-order valence-electron chi connectivity index (χ1n) is 8.56. The van der Waals surface area contributed by atoms with Crippen LogP contribution in [0.4, 0.5) is 5.69 Å². The molecule has 1 amide bonds. The number of aliphatic hydroxyl groups is 1. The third-order valence-electron chi connectivity index (χ3n) is 4.42. The minimum absolute atomic E-state index is 0.0802. The summed E-state index contributed by atoms with van der Waals surface area (Å²) in [6.45, 7) is 0.485. The van der Waals surface area contributed by atoms with Gasteiger partial charge in [0.15, 0.2) is 0 Å². The second-order valence-electron chi connectivity index (χ2n) is 6.38. The number of rotatable bonds is 6. The van der Waals surface area contributed by atoms with E-state index in [1.165, 1.54) is 11.1 Å². The van der Waals surface area contributed by atoms with Crippen molar-refractivity contribution >= 4 is 11.6 Å². The maximum absolute atomic E-state index is 12.1. The van der Waals surface area contributed by atoms with Crippen LogP contribution in [0.25, 0.3) is 0 Å². The monoisotopic (exact) mass is 324 g/mol. The zero-order valence-corrected chi connectivity index (χ0v) is 13.7. The summed E-state index contributed by atoms with van der Waals surface area (Å²) < 4.78 is 0. The smallest absolute Gasteiger partial charge is 0.241 e. The van der Waals surface area contributed by atoms with E-state index in [2.05, 4.69) is 47.0 Å². The van der Waals surface area contributed by atoms with Gasteiger partial charge >= 0.3 is 0 Å². The molecule has 3 rings (SSSR count). The third-order valence-corrected chi connectivity index (χ3v) is 4.42. The summed E-state index contributed by atoms with van der Waals surface area (Å²) >= 11 is 0. The van der Waals surface area contributed by atoms with Gasteiger partial charge in [-0.15, -0.1) is 0 Å². The number of hydrogen-bond acceptors (Lipinski definition) is 3. The normalized spacial score (nSPS) is 20.0. The summed E-state index contributed by atoms with van der Waals surface area (Å²) in [5.74, 6) is -0.0802. The van der Waals surface area contributed by atoms with Crippen LogP contribution >= 0.6 is 0 Å². The van der Waals surface area contributed by atoms with Crippen LogP contribution in [0, 0.1) is 0 Å². The molecule has 126 valence electrons. The second-order valence-corrected chi connectivity index (χ2v) is 6.38. The summed E-state index contributed by atoms with van der Waals surface area (Å²) in [6.07, 6.45) is 3.27. The lowest BCUT2D eigenvalue weighted by atomic mass is 10.0. The standard InChI is InChI=1S/C20H24N2O2/c23-18-13-19(21-14-18)20(24)22-17-11-9-16(10-12-17)8-4-7-15-5-2-1-3-6-15/h1-3,5-6,9-12,18-19,21,23H,4,7-8,13-14H2,(H,22,24). The van der Waals surface area contributed by atoms with Crippen molar-refractivity contribution in [3.8, 4) is 0 Å². The van der Waals surface area contributed by atoms with E-state index in [0.29, 0.717) is 13.0 Å². The number of amides is 1. The van der Waals surface area contributed by atoms with Gasteiger partial charge in [0, 0.05) is 12.2 Å². The number of aryl methyl sites for hydroxylation is 2. The van der Waals surface area contributed by atoms with Crippen molar-refractivity contribution in [2.45, 2.75) is 37.8 Å². The lowest BCUT2D eigenvalue weighted by Crippen LogP contribution is -2.35. The Morgan fingerprint density at radius 2 is 1.71 bits per heavy atom. The van der Waals surface area contributed by atoms with Crippen LogP contribution in [0.1, 0.15) is 24.0 Å². The van der Waals surface area contributed by atoms with Crippen LogP contribution in [0.15, 0.2) is 54.6 Å². The number of hydrogen-bond donors (Lipinski definition) is 3. The fourth-order valence-electron chi connectivity index (χ4n) is 3.04. The Morgan fingerprint density at radius 3 is 2.33 bits per heavy atom. The molecule has 4 nitrogen and oxygen atoms in total. The molecule has 1 aliphatic rings. The maximum Gasteiger partial charge on any atom is 0.241 e. The fraction of sp³-hybridized carbons (Fsp3) is 0.350. The fourth-order valence-corrected chi connectivity index (χ4v) is 3.04. The Kier molecular flexibility index (Phi) is 5.62.